The molecule has 20 heavy (non-hydrogen) atoms. The summed E-state index contributed by atoms with van der Waals surface area (Å²) in [5, 5.41) is 0. The molecule has 0 N–H and O–H groups in total. The minimum atomic E-state index is 1.03. The van der Waals surface area contributed by atoms with Crippen molar-refractivity contribution in [2.45, 2.75) is 32.6 Å². The third kappa shape index (κ3) is 3.95. The average Bonchev–Trinajstić information content (AvgIpc) is 2.48. The normalized spacial score (nSPS) is 15.1. The lowest BCUT2D eigenvalue weighted by molar-refractivity contribution is 1.04. The van der Waals surface area contributed by atoms with Crippen molar-refractivity contribution in [2.75, 3.05) is 0 Å². The van der Waals surface area contributed by atoms with Crippen LogP contribution in [-0.4, -0.2) is 0 Å². The van der Waals surface area contributed by atoms with E-state index in [9.17, 15) is 0 Å². The molecule has 1 aromatic carbocycles. The zero-order valence-electron chi connectivity index (χ0n) is 12.0. The van der Waals surface area contributed by atoms with Gasteiger partial charge < -0.3 is 0 Å². The molecule has 0 heterocycles. The van der Waals surface area contributed by atoms with Crippen molar-refractivity contribution in [3.05, 3.63) is 69.9 Å². The van der Waals surface area contributed by atoms with Gasteiger partial charge in [0.2, 0.25) is 0 Å². The first kappa shape index (κ1) is 15.3. The van der Waals surface area contributed by atoms with E-state index in [1.807, 2.05) is 6.08 Å². The van der Waals surface area contributed by atoms with Crippen molar-refractivity contribution in [2.24, 2.45) is 0 Å². The predicted molar refractivity (Wildman–Crippen MR) is 98.6 cm³/mol. The van der Waals surface area contributed by atoms with Crippen LogP contribution in [0.25, 0.3) is 11.1 Å². The van der Waals surface area contributed by atoms with Gasteiger partial charge in [0.05, 0.1) is 0 Å². The Kier molecular flexibility index (Phi) is 5.84. The highest BCUT2D eigenvalue weighted by atomic mass is 127. The average molecular weight is 376 g/mol. The number of hydrogen-bond acceptors (Lipinski definition) is 0. The van der Waals surface area contributed by atoms with Gasteiger partial charge in [-0.15, -0.1) is 6.58 Å². The van der Waals surface area contributed by atoms with Crippen LogP contribution in [0, 0.1) is 3.57 Å². The Bertz CT molecular complexity index is 573. The van der Waals surface area contributed by atoms with Crippen molar-refractivity contribution in [1.29, 1.82) is 0 Å². The third-order valence-corrected chi connectivity index (χ3v) is 4.19. The summed E-state index contributed by atoms with van der Waals surface area (Å²) in [7, 11) is 0. The summed E-state index contributed by atoms with van der Waals surface area (Å²) in [6.45, 7) is 5.94. The highest BCUT2D eigenvalue weighted by molar-refractivity contribution is 14.1. The minimum Gasteiger partial charge on any atom is -0.103 e. The van der Waals surface area contributed by atoms with Crippen LogP contribution in [0.5, 0.6) is 0 Å². The fourth-order valence-electron chi connectivity index (χ4n) is 2.48. The molecule has 0 aliphatic heterocycles. The standard InChI is InChI=1S/C19H21I/c1-3-5-9-15(4-2)17-12-18(14-19(20)13-17)16-10-7-6-8-11-16/h3-4,7,10-14H,1,5-6,8-9H2,2H3/b15-4+. The summed E-state index contributed by atoms with van der Waals surface area (Å²) in [4.78, 5) is 0. The number of hydrogen-bond donors (Lipinski definition) is 0. The molecule has 104 valence electrons. The maximum Gasteiger partial charge on any atom is 0.0142 e. The summed E-state index contributed by atoms with van der Waals surface area (Å²) in [5.41, 5.74) is 5.44. The Morgan fingerprint density at radius 2 is 2.15 bits per heavy atom. The molecule has 0 bridgehead atoms. The van der Waals surface area contributed by atoms with Crippen LogP contribution >= 0.6 is 22.6 Å². The van der Waals surface area contributed by atoms with E-state index in [0.717, 1.165) is 19.3 Å². The second-order valence-electron chi connectivity index (χ2n) is 5.01. The fraction of sp³-hybridized carbons (Fsp3) is 0.263. The van der Waals surface area contributed by atoms with Crippen LogP contribution in [-0.2, 0) is 0 Å². The van der Waals surface area contributed by atoms with E-state index in [1.165, 1.54) is 32.3 Å². The van der Waals surface area contributed by atoms with Crippen LogP contribution < -0.4 is 0 Å². The molecule has 0 unspecified atom stereocenters. The highest BCUT2D eigenvalue weighted by Crippen LogP contribution is 2.28. The zero-order chi connectivity index (χ0) is 14.4. The number of halogens is 1. The molecule has 0 atom stereocenters. The lowest BCUT2D eigenvalue weighted by atomic mass is 9.94. The molecule has 0 amide bonds. The van der Waals surface area contributed by atoms with Gasteiger partial charge in [0.15, 0.2) is 0 Å². The van der Waals surface area contributed by atoms with E-state index in [1.54, 1.807) is 0 Å². The number of benzene rings is 1. The van der Waals surface area contributed by atoms with Gasteiger partial charge in [-0.1, -0.05) is 30.4 Å². The Balaban J connectivity index is 2.35. The van der Waals surface area contributed by atoms with E-state index in [2.05, 4.69) is 78.6 Å². The topological polar surface area (TPSA) is 0 Å². The van der Waals surface area contributed by atoms with Gasteiger partial charge in [0.1, 0.15) is 0 Å². The van der Waals surface area contributed by atoms with E-state index < -0.39 is 0 Å². The van der Waals surface area contributed by atoms with Crippen LogP contribution in [0.3, 0.4) is 0 Å². The number of rotatable bonds is 5. The Morgan fingerprint density at radius 3 is 2.80 bits per heavy atom. The first-order valence-electron chi connectivity index (χ1n) is 7.18. The molecule has 0 aromatic heterocycles. The highest BCUT2D eigenvalue weighted by Gasteiger charge is 2.07. The second-order valence-corrected chi connectivity index (χ2v) is 6.25. The van der Waals surface area contributed by atoms with Crippen molar-refractivity contribution in [3.8, 4) is 0 Å². The Labute approximate surface area is 136 Å². The van der Waals surface area contributed by atoms with Crippen LogP contribution in [0.1, 0.15) is 43.7 Å². The van der Waals surface area contributed by atoms with Crippen molar-refractivity contribution < 1.29 is 0 Å². The molecule has 1 aromatic rings. The van der Waals surface area contributed by atoms with Crippen molar-refractivity contribution in [3.63, 3.8) is 0 Å². The van der Waals surface area contributed by atoms with E-state index >= 15 is 0 Å². The third-order valence-electron chi connectivity index (χ3n) is 3.56. The van der Waals surface area contributed by atoms with Crippen LogP contribution in [0.2, 0.25) is 0 Å². The molecule has 1 aliphatic carbocycles. The van der Waals surface area contributed by atoms with Crippen molar-refractivity contribution >= 4 is 33.7 Å². The summed E-state index contributed by atoms with van der Waals surface area (Å²) in [6, 6.07) is 6.87. The van der Waals surface area contributed by atoms with E-state index in [4.69, 9.17) is 0 Å². The first-order chi connectivity index (χ1) is 9.74. The van der Waals surface area contributed by atoms with Gasteiger partial charge in [-0.05, 0) is 95.7 Å². The van der Waals surface area contributed by atoms with E-state index in [-0.39, 0.29) is 0 Å². The molecule has 0 radical (unpaired) electrons. The molecule has 1 heteroatoms. The van der Waals surface area contributed by atoms with Gasteiger partial charge in [-0.2, -0.15) is 0 Å². The molecule has 0 saturated heterocycles. The van der Waals surface area contributed by atoms with Gasteiger partial charge in [0, 0.05) is 3.57 Å². The minimum absolute atomic E-state index is 1.03. The smallest absolute Gasteiger partial charge is 0.0142 e. The first-order valence-corrected chi connectivity index (χ1v) is 8.26. The maximum absolute atomic E-state index is 3.82. The molecule has 0 saturated carbocycles. The SMILES string of the molecule is C=CCC/C(=C\C)c1cc(I)cc(C2=CCCC=C2)c1. The van der Waals surface area contributed by atoms with Gasteiger partial charge in [-0.25, -0.2) is 0 Å². The van der Waals surface area contributed by atoms with Gasteiger partial charge in [-0.3, -0.25) is 0 Å². The molecule has 2 rings (SSSR count). The predicted octanol–water partition coefficient (Wildman–Crippen LogP) is 6.39. The summed E-state index contributed by atoms with van der Waals surface area (Å²) < 4.78 is 1.30. The largest absolute Gasteiger partial charge is 0.103 e. The maximum atomic E-state index is 3.82. The van der Waals surface area contributed by atoms with Crippen LogP contribution in [0.15, 0.2) is 55.2 Å². The molecular formula is C19H21I. The lowest BCUT2D eigenvalue weighted by Gasteiger charge is -2.12. The zero-order valence-corrected chi connectivity index (χ0v) is 14.2. The molecule has 0 nitrogen and oxygen atoms in total. The fourth-order valence-corrected chi connectivity index (χ4v) is 3.15. The summed E-state index contributed by atoms with van der Waals surface area (Å²) >= 11 is 2.42. The van der Waals surface area contributed by atoms with Gasteiger partial charge in [0.25, 0.3) is 0 Å². The van der Waals surface area contributed by atoms with Crippen LogP contribution in [0.4, 0.5) is 0 Å². The monoisotopic (exact) mass is 376 g/mol. The van der Waals surface area contributed by atoms with Crippen molar-refractivity contribution in [1.82, 2.24) is 0 Å². The molecule has 0 fully saturated rings. The molecular weight excluding hydrogens is 355 g/mol. The Hall–Kier alpha value is -1.09. The molecule has 0 spiro atoms. The summed E-state index contributed by atoms with van der Waals surface area (Å²) in [5.74, 6) is 0. The summed E-state index contributed by atoms with van der Waals surface area (Å²) in [6.07, 6.45) is 15.5. The number of allylic oxidation sites excluding steroid dienone is 7. The van der Waals surface area contributed by atoms with E-state index in [0.29, 0.717) is 0 Å². The second kappa shape index (κ2) is 7.63. The van der Waals surface area contributed by atoms with Gasteiger partial charge >= 0.3 is 0 Å². The molecule has 1 aliphatic rings. The quantitative estimate of drug-likeness (QED) is 0.412. The Morgan fingerprint density at radius 1 is 1.30 bits per heavy atom. The lowest BCUT2D eigenvalue weighted by Crippen LogP contribution is -1.92.